The fraction of sp³-hybridized carbons (Fsp3) is 0.149. The molecule has 8 heteroatoms. The molecule has 8 aromatic rings. The summed E-state index contributed by atoms with van der Waals surface area (Å²) in [4.78, 5) is 26.4. The summed E-state index contributed by atoms with van der Waals surface area (Å²) in [6, 6.07) is 47.7. The van der Waals surface area contributed by atoms with Gasteiger partial charge in [-0.3, -0.25) is 14.1 Å². The number of unbranched alkanes of at least 4 members (excludes halogenated alkanes) is 1. The average Bonchev–Trinajstić information content (AvgIpc) is 3.40. The van der Waals surface area contributed by atoms with E-state index in [0.29, 0.717) is 36.4 Å². The van der Waals surface area contributed by atoms with Gasteiger partial charge in [0, 0.05) is 23.0 Å². The Morgan fingerprint density at radius 1 is 0.582 bits per heavy atom. The smallest absolute Gasteiger partial charge is 0.387 e. The summed E-state index contributed by atoms with van der Waals surface area (Å²) in [7, 11) is -1.75. The maximum atomic E-state index is 13.2. The van der Waals surface area contributed by atoms with Gasteiger partial charge in [0.25, 0.3) is 11.8 Å². The summed E-state index contributed by atoms with van der Waals surface area (Å²) in [5.74, 6) is -0.609. The molecule has 0 aliphatic carbocycles. The fourth-order valence-electron chi connectivity index (χ4n) is 6.96. The number of hydrogen-bond acceptors (Lipinski definition) is 5. The second-order valence-corrected chi connectivity index (χ2v) is 14.7. The van der Waals surface area contributed by atoms with Gasteiger partial charge in [0.1, 0.15) is 11.2 Å². The lowest BCUT2D eigenvalue weighted by Crippen LogP contribution is -2.28. The van der Waals surface area contributed by atoms with Crippen LogP contribution in [0.3, 0.4) is 0 Å². The van der Waals surface area contributed by atoms with Crippen molar-refractivity contribution in [3.05, 3.63) is 173 Å². The molecule has 55 heavy (non-hydrogen) atoms. The van der Waals surface area contributed by atoms with Crippen LogP contribution in [-0.4, -0.2) is 18.4 Å². The summed E-state index contributed by atoms with van der Waals surface area (Å²) in [5.41, 5.74) is 6.10. The first-order chi connectivity index (χ1) is 27.0. The molecule has 2 N–H and O–H groups in total. The van der Waals surface area contributed by atoms with Gasteiger partial charge >= 0.3 is 8.24 Å². The molecule has 8 rings (SSSR count). The minimum Gasteiger partial charge on any atom is -0.399 e. The molecule has 1 aromatic heterocycles. The van der Waals surface area contributed by atoms with Gasteiger partial charge in [0.15, 0.2) is 0 Å². The number of aryl methyl sites for hydroxylation is 1. The van der Waals surface area contributed by atoms with Crippen LogP contribution < -0.4 is 15.2 Å². The Morgan fingerprint density at radius 3 is 1.73 bits per heavy atom. The van der Waals surface area contributed by atoms with Crippen molar-refractivity contribution in [3.8, 4) is 0 Å². The van der Waals surface area contributed by atoms with E-state index in [1.165, 1.54) is 5.56 Å². The van der Waals surface area contributed by atoms with Crippen molar-refractivity contribution in [3.63, 3.8) is 0 Å². The van der Waals surface area contributed by atoms with E-state index < -0.39 is 8.24 Å². The Hall–Kier alpha value is -6.14. The Bertz CT molecular complexity index is 2590. The van der Waals surface area contributed by atoms with Crippen LogP contribution in [0, 0.1) is 0 Å². The maximum absolute atomic E-state index is 13.2. The minimum atomic E-state index is -1.75. The van der Waals surface area contributed by atoms with Crippen LogP contribution in [0.25, 0.3) is 43.5 Å². The molecule has 0 aliphatic heterocycles. The molecule has 0 spiro atoms. The lowest BCUT2D eigenvalue weighted by atomic mass is 9.99. The topological polar surface area (TPSA) is 93.7 Å². The van der Waals surface area contributed by atoms with Gasteiger partial charge in [-0.15, -0.1) is 0 Å². The van der Waals surface area contributed by atoms with Crippen molar-refractivity contribution >= 4 is 69.2 Å². The average molecular weight is 745 g/mol. The van der Waals surface area contributed by atoms with E-state index in [1.54, 1.807) is 24.3 Å². The molecule has 0 fully saturated rings. The van der Waals surface area contributed by atoms with Crippen LogP contribution in [0.5, 0.6) is 0 Å². The van der Waals surface area contributed by atoms with Crippen LogP contribution in [-0.2, 0) is 19.4 Å². The second-order valence-electron chi connectivity index (χ2n) is 13.6. The molecule has 7 nitrogen and oxygen atoms in total. The Labute approximate surface area is 320 Å². The lowest BCUT2D eigenvalue weighted by molar-refractivity contribution is 0.0940. The zero-order valence-electron chi connectivity index (χ0n) is 30.6. The number of nitrogens with one attached hydrogen (secondary N) is 2. The van der Waals surface area contributed by atoms with Gasteiger partial charge in [-0.05, 0) is 93.9 Å². The highest BCUT2D eigenvalue weighted by molar-refractivity contribution is 7.31. The van der Waals surface area contributed by atoms with Crippen LogP contribution in [0.2, 0.25) is 0 Å². The SMILES string of the molecule is CCCCc1ccc(NC(=O)c2ccccc2C(=O)NCCc2ccc(COp3oc4ccc5ccccc5c4c4c(ccc5ccccc54)o3)cc2)cc1. The Balaban J connectivity index is 0.923. The van der Waals surface area contributed by atoms with Crippen molar-refractivity contribution in [1.29, 1.82) is 0 Å². The molecular weight excluding hydrogens is 703 g/mol. The fourth-order valence-corrected chi connectivity index (χ4v) is 7.98. The van der Waals surface area contributed by atoms with Gasteiger partial charge in [0.2, 0.25) is 0 Å². The van der Waals surface area contributed by atoms with E-state index >= 15 is 0 Å². The van der Waals surface area contributed by atoms with Crippen molar-refractivity contribution in [2.24, 2.45) is 0 Å². The molecule has 0 atom stereocenters. The molecule has 0 saturated heterocycles. The number of amides is 2. The number of anilines is 1. The summed E-state index contributed by atoms with van der Waals surface area (Å²) < 4.78 is 19.3. The maximum Gasteiger partial charge on any atom is 0.387 e. The van der Waals surface area contributed by atoms with Crippen LogP contribution >= 0.6 is 8.24 Å². The number of benzene rings is 7. The summed E-state index contributed by atoms with van der Waals surface area (Å²) in [6.45, 7) is 2.89. The zero-order chi connectivity index (χ0) is 37.6. The predicted molar refractivity (Wildman–Crippen MR) is 224 cm³/mol. The number of fused-ring (bicyclic) bond motifs is 7. The summed E-state index contributed by atoms with van der Waals surface area (Å²) >= 11 is 0. The van der Waals surface area contributed by atoms with Gasteiger partial charge < -0.3 is 19.0 Å². The number of carbonyl (C=O) groups excluding carboxylic acids is 2. The molecule has 2 amide bonds. The highest BCUT2D eigenvalue weighted by Gasteiger charge is 2.17. The van der Waals surface area contributed by atoms with Crippen molar-refractivity contribution in [2.75, 3.05) is 11.9 Å². The molecule has 0 radical (unpaired) electrons. The van der Waals surface area contributed by atoms with E-state index in [-0.39, 0.29) is 11.8 Å². The van der Waals surface area contributed by atoms with E-state index in [0.717, 1.165) is 73.9 Å². The highest BCUT2D eigenvalue weighted by Crippen LogP contribution is 2.40. The zero-order valence-corrected chi connectivity index (χ0v) is 31.5. The van der Waals surface area contributed by atoms with E-state index in [4.69, 9.17) is 12.9 Å². The highest BCUT2D eigenvalue weighted by atomic mass is 31.1. The van der Waals surface area contributed by atoms with E-state index in [9.17, 15) is 9.59 Å². The third kappa shape index (κ3) is 8.04. The molecule has 274 valence electrons. The first kappa shape index (κ1) is 35.9. The largest absolute Gasteiger partial charge is 0.399 e. The van der Waals surface area contributed by atoms with Gasteiger partial charge in [-0.2, -0.15) is 0 Å². The molecule has 0 aliphatic rings. The summed E-state index contributed by atoms with van der Waals surface area (Å²) in [5, 5.41) is 12.4. The van der Waals surface area contributed by atoms with Gasteiger partial charge in [-0.1, -0.05) is 123 Å². The lowest BCUT2D eigenvalue weighted by Gasteiger charge is -2.11. The van der Waals surface area contributed by atoms with E-state index in [2.05, 4.69) is 54.0 Å². The van der Waals surface area contributed by atoms with Crippen molar-refractivity contribution < 1.29 is 22.5 Å². The summed E-state index contributed by atoms with van der Waals surface area (Å²) in [6.07, 6.45) is 3.90. The molecule has 7 aromatic carbocycles. The number of hydrogen-bond donors (Lipinski definition) is 2. The number of rotatable bonds is 12. The molecule has 0 bridgehead atoms. The van der Waals surface area contributed by atoms with Crippen molar-refractivity contribution in [1.82, 2.24) is 5.32 Å². The minimum absolute atomic E-state index is 0.291. The molecule has 1 heterocycles. The van der Waals surface area contributed by atoms with Crippen LogP contribution in [0.15, 0.2) is 154 Å². The monoisotopic (exact) mass is 744 g/mol. The predicted octanol–water partition coefficient (Wildman–Crippen LogP) is 11.8. The first-order valence-electron chi connectivity index (χ1n) is 18.7. The standard InChI is InChI=1S/C47H41N2O5P/c1-2-3-10-32-21-25-37(26-22-32)49-47(51)41-16-9-8-15-40(41)46(50)48-30-29-33-17-19-34(20-18-33)31-52-55-53-42-27-23-35-11-4-6-13-38(35)44(42)45-39-14-7-5-12-36(39)24-28-43(45)54-55/h4-9,11-28H,2-3,10,29-31H2,1H3,(H,48,50)(H,49,51). The molecule has 0 unspecified atom stereocenters. The third-order valence-corrected chi connectivity index (χ3v) is 10.9. The molecule has 0 saturated carbocycles. The quantitative estimate of drug-likeness (QED) is 0.130. The second kappa shape index (κ2) is 16.5. The van der Waals surface area contributed by atoms with Gasteiger partial charge in [0.05, 0.1) is 17.7 Å². The van der Waals surface area contributed by atoms with E-state index in [1.807, 2.05) is 84.9 Å². The van der Waals surface area contributed by atoms with Crippen molar-refractivity contribution in [2.45, 2.75) is 39.2 Å². The first-order valence-corrected chi connectivity index (χ1v) is 19.8. The van der Waals surface area contributed by atoms with Crippen LogP contribution in [0.4, 0.5) is 5.69 Å². The van der Waals surface area contributed by atoms with Crippen LogP contribution in [0.1, 0.15) is 57.2 Å². The normalized spacial score (nSPS) is 11.3. The van der Waals surface area contributed by atoms with Gasteiger partial charge in [-0.25, -0.2) is 0 Å². The Morgan fingerprint density at radius 2 is 1.11 bits per heavy atom. The number of carbonyl (C=O) groups is 2. The molecular formula is C47H41N2O5P. The third-order valence-electron chi connectivity index (χ3n) is 9.88. The Kier molecular flexibility index (Phi) is 10.7.